The Bertz CT molecular complexity index is 1730. The van der Waals surface area contributed by atoms with Crippen molar-refractivity contribution in [1.82, 2.24) is 4.90 Å². The van der Waals surface area contributed by atoms with Crippen LogP contribution in [0, 0.1) is 27.9 Å². The van der Waals surface area contributed by atoms with Gasteiger partial charge in [0.05, 0.1) is 35.1 Å². The fourth-order valence-electron chi connectivity index (χ4n) is 8.13. The molecule has 2 aliphatic carbocycles. The van der Waals surface area contributed by atoms with Crippen molar-refractivity contribution >= 4 is 29.1 Å². The molecule has 2 aromatic rings. The molecule has 300 valence electrons. The van der Waals surface area contributed by atoms with E-state index in [2.05, 4.69) is 12.7 Å². The van der Waals surface area contributed by atoms with Crippen molar-refractivity contribution in [2.45, 2.75) is 89.1 Å². The number of rotatable bonds is 18. The number of halogens is 1. The maximum atomic E-state index is 13.7. The standard InChI is InChI=1S/C41H54ClN3O10/c1-6-21-52-41-36(44(5)39(48)51-22-18-42)26-34(43-55-40(2,3)4)32-23-27(12-7-9-19-46)31(15-8-10-20-47)37(38(32)41)33-25-30(16-17-35(33)54-41)53-29-14-11-13-28(24-29)45(49)50/h6,11,13-14,16-17,23-25,27,31,36-38,46-47H,1,7-10,12,15,18-22,26H2,2-5H3. The summed E-state index contributed by atoms with van der Waals surface area (Å²) in [6.45, 7) is 9.96. The number of non-ortho nitro benzene ring substituents is 1. The molecular formula is C41H54ClN3O10. The summed E-state index contributed by atoms with van der Waals surface area (Å²) in [5.41, 5.74) is 1.69. The van der Waals surface area contributed by atoms with Gasteiger partial charge < -0.3 is 38.9 Å². The molecule has 14 heteroatoms. The molecule has 1 aliphatic heterocycles. The summed E-state index contributed by atoms with van der Waals surface area (Å²) >= 11 is 5.91. The number of nitro benzene ring substituents is 1. The summed E-state index contributed by atoms with van der Waals surface area (Å²) in [5, 5.41) is 35.9. The van der Waals surface area contributed by atoms with Gasteiger partial charge in [0, 0.05) is 44.2 Å². The van der Waals surface area contributed by atoms with E-state index in [1.54, 1.807) is 31.3 Å². The second kappa shape index (κ2) is 18.6. The molecule has 0 bridgehead atoms. The van der Waals surface area contributed by atoms with Gasteiger partial charge in [-0.25, -0.2) is 4.79 Å². The Labute approximate surface area is 328 Å². The molecule has 1 amide bonds. The summed E-state index contributed by atoms with van der Waals surface area (Å²) < 4.78 is 25.8. The maximum absolute atomic E-state index is 13.7. The summed E-state index contributed by atoms with van der Waals surface area (Å²) in [5.74, 6) is -0.775. The van der Waals surface area contributed by atoms with Crippen LogP contribution in [0.25, 0.3) is 0 Å². The fraction of sp³-hybridized carbons (Fsp3) is 0.561. The van der Waals surface area contributed by atoms with E-state index in [1.165, 1.54) is 17.0 Å². The first-order chi connectivity index (χ1) is 26.4. The molecule has 0 radical (unpaired) electrons. The predicted molar refractivity (Wildman–Crippen MR) is 209 cm³/mol. The van der Waals surface area contributed by atoms with Crippen molar-refractivity contribution in [3.63, 3.8) is 0 Å². The lowest BCUT2D eigenvalue weighted by Crippen LogP contribution is -2.69. The number of hydrogen-bond acceptors (Lipinski definition) is 11. The van der Waals surface area contributed by atoms with Gasteiger partial charge in [0.15, 0.2) is 0 Å². The Morgan fingerprint density at radius 2 is 1.85 bits per heavy atom. The van der Waals surface area contributed by atoms with Crippen LogP contribution in [0.4, 0.5) is 10.5 Å². The van der Waals surface area contributed by atoms with Crippen LogP contribution in [-0.4, -0.2) is 88.6 Å². The third-order valence-corrected chi connectivity index (χ3v) is 10.6. The zero-order chi connectivity index (χ0) is 39.8. The van der Waals surface area contributed by atoms with Crippen molar-refractivity contribution in [3.05, 3.63) is 82.4 Å². The minimum absolute atomic E-state index is 0.00143. The Hall–Kier alpha value is -4.17. The molecule has 0 saturated heterocycles. The number of allylic oxidation sites excluding steroid dienone is 1. The molecule has 6 atom stereocenters. The van der Waals surface area contributed by atoms with Crippen LogP contribution in [0.15, 0.2) is 71.9 Å². The Morgan fingerprint density at radius 1 is 1.13 bits per heavy atom. The van der Waals surface area contributed by atoms with E-state index in [9.17, 15) is 25.1 Å². The van der Waals surface area contributed by atoms with E-state index >= 15 is 0 Å². The Morgan fingerprint density at radius 3 is 2.53 bits per heavy atom. The second-order valence-corrected chi connectivity index (χ2v) is 15.6. The lowest BCUT2D eigenvalue weighted by Gasteiger charge is -2.59. The number of hydrogen-bond donors (Lipinski definition) is 2. The van der Waals surface area contributed by atoms with Crippen molar-refractivity contribution in [2.24, 2.45) is 22.9 Å². The number of nitro groups is 1. The van der Waals surface area contributed by atoms with Crippen molar-refractivity contribution in [1.29, 1.82) is 0 Å². The quantitative estimate of drug-likeness (QED) is 0.0496. The topological polar surface area (TPSA) is 162 Å². The van der Waals surface area contributed by atoms with E-state index in [4.69, 9.17) is 40.5 Å². The van der Waals surface area contributed by atoms with Gasteiger partial charge in [-0.15, -0.1) is 18.2 Å². The molecule has 0 spiro atoms. The molecule has 3 aliphatic rings. The molecule has 55 heavy (non-hydrogen) atoms. The monoisotopic (exact) mass is 783 g/mol. The molecule has 1 saturated carbocycles. The molecule has 2 aromatic carbocycles. The minimum Gasteiger partial charge on any atom is -0.459 e. The average Bonchev–Trinajstić information content (AvgIpc) is 3.16. The number of carbonyl (C=O) groups is 1. The first kappa shape index (κ1) is 42.0. The summed E-state index contributed by atoms with van der Waals surface area (Å²) in [6, 6.07) is 10.8. The number of ether oxygens (including phenoxy) is 4. The van der Waals surface area contributed by atoms with E-state index in [1.807, 2.05) is 32.9 Å². The molecule has 5 rings (SSSR count). The first-order valence-electron chi connectivity index (χ1n) is 19.0. The zero-order valence-corrected chi connectivity index (χ0v) is 32.9. The molecule has 6 unspecified atom stereocenters. The summed E-state index contributed by atoms with van der Waals surface area (Å²) in [4.78, 5) is 32.3. The lowest BCUT2D eigenvalue weighted by molar-refractivity contribution is -0.384. The Balaban J connectivity index is 1.76. The highest BCUT2D eigenvalue weighted by atomic mass is 35.5. The number of aliphatic hydroxyl groups is 2. The van der Waals surface area contributed by atoms with Gasteiger partial charge in [0.2, 0.25) is 5.79 Å². The van der Waals surface area contributed by atoms with Gasteiger partial charge in [-0.3, -0.25) is 10.1 Å². The highest BCUT2D eigenvalue weighted by molar-refractivity contribution is 6.18. The molecule has 13 nitrogen and oxygen atoms in total. The van der Waals surface area contributed by atoms with Crippen LogP contribution >= 0.6 is 11.6 Å². The molecular weight excluding hydrogens is 730 g/mol. The van der Waals surface area contributed by atoms with E-state index in [0.29, 0.717) is 35.8 Å². The SMILES string of the molecule is C=CCOC12Oc3ccc(Oc4cccc([N+](=O)[O-])c4)cc3C3C(CCCCO)C(CCCCO)C=C(C(=NOC(C)(C)C)CC1N(C)C(=O)OCCCl)C32. The van der Waals surface area contributed by atoms with E-state index in [-0.39, 0.29) is 62.2 Å². The average molecular weight is 784 g/mol. The zero-order valence-electron chi connectivity index (χ0n) is 32.2. The minimum atomic E-state index is -1.44. The summed E-state index contributed by atoms with van der Waals surface area (Å²) in [6.07, 6.45) is 7.90. The second-order valence-electron chi connectivity index (χ2n) is 15.2. The van der Waals surface area contributed by atoms with Crippen LogP contribution in [0.1, 0.15) is 77.2 Å². The number of nitrogens with zero attached hydrogens (tertiary/aromatic N) is 3. The first-order valence-corrected chi connectivity index (χ1v) is 19.5. The third-order valence-electron chi connectivity index (χ3n) is 10.4. The number of unbranched alkanes of at least 4 members (excludes halogenated alkanes) is 2. The highest BCUT2D eigenvalue weighted by Crippen LogP contribution is 2.62. The van der Waals surface area contributed by atoms with Gasteiger partial charge in [0.25, 0.3) is 5.69 Å². The Kier molecular flexibility index (Phi) is 14.2. The number of carbonyl (C=O) groups excluding carboxylic acids is 1. The number of aliphatic hydroxyl groups excluding tert-OH is 2. The lowest BCUT2D eigenvalue weighted by atomic mass is 9.55. The number of fused-ring (bicyclic) bond motifs is 2. The summed E-state index contributed by atoms with van der Waals surface area (Å²) in [7, 11) is 1.65. The molecule has 0 aromatic heterocycles. The van der Waals surface area contributed by atoms with Crippen molar-refractivity contribution in [3.8, 4) is 17.2 Å². The van der Waals surface area contributed by atoms with Crippen LogP contribution < -0.4 is 9.47 Å². The highest BCUT2D eigenvalue weighted by Gasteiger charge is 2.65. The van der Waals surface area contributed by atoms with Crippen molar-refractivity contribution in [2.75, 3.05) is 39.4 Å². The maximum Gasteiger partial charge on any atom is 0.410 e. The largest absolute Gasteiger partial charge is 0.459 e. The number of benzene rings is 2. The van der Waals surface area contributed by atoms with Crippen LogP contribution in [-0.2, 0) is 14.3 Å². The smallest absolute Gasteiger partial charge is 0.410 e. The van der Waals surface area contributed by atoms with E-state index < -0.39 is 34.4 Å². The fourth-order valence-corrected chi connectivity index (χ4v) is 8.21. The number of alkyl halides is 1. The number of likely N-dealkylation sites (N-methyl/N-ethyl adjacent to an activating group) is 1. The van der Waals surface area contributed by atoms with Gasteiger partial charge >= 0.3 is 6.09 Å². The molecule has 1 fully saturated rings. The van der Waals surface area contributed by atoms with Crippen LogP contribution in [0.3, 0.4) is 0 Å². The van der Waals surface area contributed by atoms with E-state index in [0.717, 1.165) is 36.8 Å². The van der Waals surface area contributed by atoms with Crippen LogP contribution in [0.5, 0.6) is 17.2 Å². The number of amides is 1. The van der Waals surface area contributed by atoms with Gasteiger partial charge in [-0.05, 0) is 88.1 Å². The van der Waals surface area contributed by atoms with Crippen molar-refractivity contribution < 1.29 is 43.7 Å². The molecule has 2 N–H and O–H groups in total. The third kappa shape index (κ3) is 9.62. The predicted octanol–water partition coefficient (Wildman–Crippen LogP) is 8.13. The van der Waals surface area contributed by atoms with Gasteiger partial charge in [0.1, 0.15) is 35.5 Å². The van der Waals surface area contributed by atoms with Gasteiger partial charge in [-0.2, -0.15) is 0 Å². The normalized spacial score (nSPS) is 24.8. The van der Waals surface area contributed by atoms with Crippen LogP contribution in [0.2, 0.25) is 0 Å². The molecule has 1 heterocycles. The number of oxime groups is 1. The van der Waals surface area contributed by atoms with Gasteiger partial charge in [-0.1, -0.05) is 36.2 Å².